The average Bonchev–Trinajstić information content (AvgIpc) is 2.90. The minimum atomic E-state index is -4.63. The number of anilines is 2. The molecule has 0 fully saturated rings. The number of rotatable bonds is 5. The highest BCUT2D eigenvalue weighted by Crippen LogP contribution is 2.28. The number of hydrazine groups is 1. The second-order valence-electron chi connectivity index (χ2n) is 3.86. The van der Waals surface area contributed by atoms with Gasteiger partial charge in [0.05, 0.1) is 6.26 Å². The maximum atomic E-state index is 12.6. The van der Waals surface area contributed by atoms with E-state index in [4.69, 9.17) is 10.3 Å². The third-order valence-electron chi connectivity index (χ3n) is 2.39. The number of nitrogen functional groups attached to an aromatic ring is 1. The zero-order valence-electron chi connectivity index (χ0n) is 10.2. The number of hydrogen-bond donors (Lipinski definition) is 3. The van der Waals surface area contributed by atoms with Crippen LogP contribution in [0.2, 0.25) is 0 Å². The number of furan rings is 1. The molecule has 2 aromatic rings. The number of aromatic nitrogens is 2. The first-order chi connectivity index (χ1) is 9.49. The molecule has 0 aromatic carbocycles. The van der Waals surface area contributed by atoms with E-state index >= 15 is 0 Å². The summed E-state index contributed by atoms with van der Waals surface area (Å²) in [7, 11) is 0. The number of nitrogens with one attached hydrogen (secondary N) is 2. The Morgan fingerprint density at radius 1 is 1.25 bits per heavy atom. The van der Waals surface area contributed by atoms with E-state index in [1.165, 1.54) is 12.3 Å². The van der Waals surface area contributed by atoms with Gasteiger partial charge in [-0.15, -0.1) is 0 Å². The van der Waals surface area contributed by atoms with Gasteiger partial charge in [0.2, 0.25) is 5.82 Å². The van der Waals surface area contributed by atoms with Crippen LogP contribution in [0.3, 0.4) is 0 Å². The van der Waals surface area contributed by atoms with E-state index in [1.807, 2.05) is 0 Å². The van der Waals surface area contributed by atoms with E-state index in [0.717, 1.165) is 5.76 Å². The van der Waals surface area contributed by atoms with Crippen molar-refractivity contribution in [2.45, 2.75) is 12.6 Å². The van der Waals surface area contributed by atoms with E-state index in [-0.39, 0.29) is 11.6 Å². The lowest BCUT2D eigenvalue weighted by Crippen LogP contribution is -2.17. The predicted molar refractivity (Wildman–Crippen MR) is 65.7 cm³/mol. The van der Waals surface area contributed by atoms with E-state index in [0.29, 0.717) is 13.0 Å². The summed E-state index contributed by atoms with van der Waals surface area (Å²) in [6.07, 6.45) is -2.59. The highest BCUT2D eigenvalue weighted by Gasteiger charge is 2.35. The van der Waals surface area contributed by atoms with Crippen LogP contribution in [0.4, 0.5) is 24.8 Å². The lowest BCUT2D eigenvalue weighted by atomic mass is 10.3. The zero-order chi connectivity index (χ0) is 14.6. The van der Waals surface area contributed by atoms with Crippen LogP contribution in [0.25, 0.3) is 0 Å². The van der Waals surface area contributed by atoms with Crippen molar-refractivity contribution in [1.82, 2.24) is 9.97 Å². The summed E-state index contributed by atoms with van der Waals surface area (Å²) in [5.41, 5.74) is 2.07. The molecule has 9 heteroatoms. The minimum Gasteiger partial charge on any atom is -0.469 e. The smallest absolute Gasteiger partial charge is 0.451 e. The van der Waals surface area contributed by atoms with E-state index in [2.05, 4.69) is 20.7 Å². The lowest BCUT2D eigenvalue weighted by Gasteiger charge is -2.10. The quantitative estimate of drug-likeness (QED) is 0.576. The van der Waals surface area contributed by atoms with E-state index in [1.54, 1.807) is 12.1 Å². The molecular formula is C11H12F3N5O. The molecule has 0 radical (unpaired) electrons. The van der Waals surface area contributed by atoms with Gasteiger partial charge in [-0.2, -0.15) is 13.2 Å². The number of halogens is 3. The summed E-state index contributed by atoms with van der Waals surface area (Å²) >= 11 is 0. The molecule has 2 rings (SSSR count). The van der Waals surface area contributed by atoms with Crippen molar-refractivity contribution in [2.75, 3.05) is 17.3 Å². The number of alkyl halides is 3. The molecular weight excluding hydrogens is 275 g/mol. The maximum absolute atomic E-state index is 12.6. The van der Waals surface area contributed by atoms with Crippen molar-refractivity contribution in [1.29, 1.82) is 0 Å². The Kier molecular flexibility index (Phi) is 4.08. The molecule has 2 aromatic heterocycles. The van der Waals surface area contributed by atoms with Crippen LogP contribution in [-0.2, 0) is 12.6 Å². The summed E-state index contributed by atoms with van der Waals surface area (Å²) in [6.45, 7) is 0.367. The molecule has 0 spiro atoms. The van der Waals surface area contributed by atoms with Gasteiger partial charge in [-0.05, 0) is 12.1 Å². The van der Waals surface area contributed by atoms with Crippen LogP contribution in [0.5, 0.6) is 0 Å². The first-order valence-electron chi connectivity index (χ1n) is 5.68. The van der Waals surface area contributed by atoms with Crippen LogP contribution >= 0.6 is 0 Å². The monoisotopic (exact) mass is 287 g/mol. The van der Waals surface area contributed by atoms with Crippen LogP contribution in [0.15, 0.2) is 28.9 Å². The number of nitrogens with zero attached hydrogens (tertiary/aromatic N) is 2. The predicted octanol–water partition coefficient (Wildman–Crippen LogP) is 2.03. The molecule has 0 unspecified atom stereocenters. The molecule has 0 aliphatic heterocycles. The third-order valence-corrected chi connectivity index (χ3v) is 2.39. The molecule has 6 nitrogen and oxygen atoms in total. The number of hydrogen-bond acceptors (Lipinski definition) is 6. The molecule has 4 N–H and O–H groups in total. The Balaban J connectivity index is 2.06. The highest BCUT2D eigenvalue weighted by molar-refractivity contribution is 5.47. The van der Waals surface area contributed by atoms with Gasteiger partial charge < -0.3 is 15.2 Å². The van der Waals surface area contributed by atoms with Gasteiger partial charge in [-0.25, -0.2) is 15.8 Å². The Hall–Kier alpha value is -2.29. The summed E-state index contributed by atoms with van der Waals surface area (Å²) in [5, 5.41) is 2.76. The zero-order valence-corrected chi connectivity index (χ0v) is 10.2. The first-order valence-corrected chi connectivity index (χ1v) is 5.68. The largest absolute Gasteiger partial charge is 0.469 e. The Bertz CT molecular complexity index is 556. The van der Waals surface area contributed by atoms with Crippen molar-refractivity contribution >= 4 is 11.6 Å². The van der Waals surface area contributed by atoms with E-state index < -0.39 is 12.0 Å². The van der Waals surface area contributed by atoms with Gasteiger partial charge in [0, 0.05) is 19.0 Å². The molecule has 20 heavy (non-hydrogen) atoms. The number of nitrogens with two attached hydrogens (primary N) is 1. The summed E-state index contributed by atoms with van der Waals surface area (Å²) in [5.74, 6) is 4.47. The minimum absolute atomic E-state index is 0.0341. The van der Waals surface area contributed by atoms with Gasteiger partial charge in [-0.3, -0.25) is 0 Å². The fourth-order valence-electron chi connectivity index (χ4n) is 1.51. The molecule has 2 heterocycles. The molecule has 0 saturated heterocycles. The molecule has 0 aliphatic rings. The molecule has 0 saturated carbocycles. The molecule has 108 valence electrons. The van der Waals surface area contributed by atoms with Crippen LogP contribution < -0.4 is 16.6 Å². The van der Waals surface area contributed by atoms with Crippen molar-refractivity contribution < 1.29 is 17.6 Å². The SMILES string of the molecule is NNc1cc(NCCc2ccco2)nc(C(F)(F)F)n1. The Labute approximate surface area is 112 Å². The van der Waals surface area contributed by atoms with Crippen molar-refractivity contribution in [3.63, 3.8) is 0 Å². The lowest BCUT2D eigenvalue weighted by molar-refractivity contribution is -0.144. The molecule has 0 amide bonds. The molecule has 0 bridgehead atoms. The fourth-order valence-corrected chi connectivity index (χ4v) is 1.51. The normalized spacial score (nSPS) is 11.4. The van der Waals surface area contributed by atoms with Gasteiger partial charge in [0.1, 0.15) is 17.4 Å². The van der Waals surface area contributed by atoms with Crippen LogP contribution in [-0.4, -0.2) is 16.5 Å². The first kappa shape index (κ1) is 14.1. The van der Waals surface area contributed by atoms with Crippen molar-refractivity contribution in [3.05, 3.63) is 36.0 Å². The second-order valence-corrected chi connectivity index (χ2v) is 3.86. The van der Waals surface area contributed by atoms with Gasteiger partial charge in [-0.1, -0.05) is 0 Å². The summed E-state index contributed by atoms with van der Waals surface area (Å²) < 4.78 is 42.9. The molecule has 0 aliphatic carbocycles. The van der Waals surface area contributed by atoms with Gasteiger partial charge >= 0.3 is 6.18 Å². The highest BCUT2D eigenvalue weighted by atomic mass is 19.4. The second kappa shape index (κ2) is 5.78. The van der Waals surface area contributed by atoms with Gasteiger partial charge in [0.15, 0.2) is 0 Å². The maximum Gasteiger partial charge on any atom is 0.451 e. The van der Waals surface area contributed by atoms with E-state index in [9.17, 15) is 13.2 Å². The standard InChI is InChI=1S/C11H12F3N5O/c12-11(13,14)10-17-8(6-9(18-10)19-15)16-4-3-7-2-1-5-20-7/h1-2,5-6H,3-4,15H2,(H2,16,17,18,19). The Morgan fingerprint density at radius 3 is 2.60 bits per heavy atom. The van der Waals surface area contributed by atoms with Gasteiger partial charge in [0.25, 0.3) is 0 Å². The Morgan fingerprint density at radius 2 is 2.00 bits per heavy atom. The average molecular weight is 287 g/mol. The molecule has 0 atom stereocenters. The topological polar surface area (TPSA) is 89.0 Å². The van der Waals surface area contributed by atoms with Crippen LogP contribution in [0.1, 0.15) is 11.6 Å². The van der Waals surface area contributed by atoms with Crippen molar-refractivity contribution in [2.24, 2.45) is 5.84 Å². The fraction of sp³-hybridized carbons (Fsp3) is 0.273. The summed E-state index contributed by atoms with van der Waals surface area (Å²) in [4.78, 5) is 6.65. The van der Waals surface area contributed by atoms with Crippen molar-refractivity contribution in [3.8, 4) is 0 Å². The third kappa shape index (κ3) is 3.60. The summed E-state index contributed by atoms with van der Waals surface area (Å²) in [6, 6.07) is 4.80. The van der Waals surface area contributed by atoms with Crippen LogP contribution in [0, 0.1) is 0 Å².